The van der Waals surface area contributed by atoms with Gasteiger partial charge < -0.3 is 19.7 Å². The van der Waals surface area contributed by atoms with Gasteiger partial charge in [-0.05, 0) is 26.2 Å². The lowest BCUT2D eigenvalue weighted by molar-refractivity contribution is -0.480. The summed E-state index contributed by atoms with van der Waals surface area (Å²) < 4.78 is 17.4. The molecule has 0 aliphatic rings. The molecule has 0 aliphatic carbocycles. The number of phosphoric acid groups is 1. The first kappa shape index (κ1) is 23.2. The number of alkyl halides is 3. The highest BCUT2D eigenvalue weighted by Gasteiger charge is 2.23. The van der Waals surface area contributed by atoms with Gasteiger partial charge >= 0.3 is 0 Å². The van der Waals surface area contributed by atoms with Crippen LogP contribution in [0.4, 0.5) is 0 Å². The molecule has 5 nitrogen and oxygen atoms in total. The average Bonchev–Trinajstić information content (AvgIpc) is 2.36. The van der Waals surface area contributed by atoms with Gasteiger partial charge in [-0.25, -0.2) is 0 Å². The van der Waals surface area contributed by atoms with Crippen molar-refractivity contribution in [1.82, 2.24) is 0 Å². The molecule has 0 saturated heterocycles. The lowest BCUT2D eigenvalue weighted by Gasteiger charge is -2.23. The van der Waals surface area contributed by atoms with Crippen molar-refractivity contribution in [1.29, 1.82) is 0 Å². The van der Waals surface area contributed by atoms with Crippen LogP contribution in [0, 0.1) is 0 Å². The Balaban J connectivity index is 0. The van der Waals surface area contributed by atoms with E-state index >= 15 is 0 Å². The molecule has 0 heterocycles. The summed E-state index contributed by atoms with van der Waals surface area (Å²) in [7, 11) is -4.29. The van der Waals surface area contributed by atoms with Crippen molar-refractivity contribution in [3.8, 4) is 0 Å². The summed E-state index contributed by atoms with van der Waals surface area (Å²) in [6.07, 6.45) is 3.63. The van der Waals surface area contributed by atoms with Gasteiger partial charge in [-0.15, -0.1) is 0 Å². The molecule has 0 aromatic carbocycles. The Labute approximate surface area is 136 Å². The van der Waals surface area contributed by atoms with Gasteiger partial charge in [0, 0.05) is 0 Å². The Bertz CT molecular complexity index is 288. The van der Waals surface area contributed by atoms with Crippen LogP contribution < -0.4 is 10.6 Å². The SMILES string of the molecule is CCC([NH3+])(CC)CC.CCOP(=O)([O-])OCC(Cl)(Cl)Cl. The monoisotopic (exact) mass is 371 g/mol. The van der Waals surface area contributed by atoms with Gasteiger partial charge in [-0.3, -0.25) is 4.57 Å². The molecule has 0 aliphatic heterocycles. The van der Waals surface area contributed by atoms with Gasteiger partial charge in [0.25, 0.3) is 7.82 Å². The van der Waals surface area contributed by atoms with Crippen molar-refractivity contribution in [3.05, 3.63) is 0 Å². The molecule has 9 heteroatoms. The zero-order valence-corrected chi connectivity index (χ0v) is 15.6. The summed E-state index contributed by atoms with van der Waals surface area (Å²) in [5.74, 6) is 0. The predicted octanol–water partition coefficient (Wildman–Crippen LogP) is 3.08. The summed E-state index contributed by atoms with van der Waals surface area (Å²) in [6, 6.07) is 0. The van der Waals surface area contributed by atoms with E-state index in [9.17, 15) is 9.46 Å². The summed E-state index contributed by atoms with van der Waals surface area (Å²) >= 11 is 15.7. The Kier molecular flexibility index (Phi) is 12.3. The lowest BCUT2D eigenvalue weighted by atomic mass is 9.92. The molecule has 0 saturated carbocycles. The van der Waals surface area contributed by atoms with Crippen molar-refractivity contribution >= 4 is 42.6 Å². The molecule has 1 unspecified atom stereocenters. The van der Waals surface area contributed by atoms with Crippen LogP contribution in [0.3, 0.4) is 0 Å². The molecular weight excluding hydrogens is 347 g/mol. The highest BCUT2D eigenvalue weighted by Crippen LogP contribution is 2.41. The molecule has 0 amide bonds. The molecule has 0 aromatic heterocycles. The first-order chi connectivity index (χ1) is 8.95. The number of hydrogen-bond acceptors (Lipinski definition) is 4. The highest BCUT2D eigenvalue weighted by molar-refractivity contribution is 7.45. The Hall–Kier alpha value is 0.940. The van der Waals surface area contributed by atoms with Crippen LogP contribution in [0.25, 0.3) is 0 Å². The maximum absolute atomic E-state index is 10.7. The van der Waals surface area contributed by atoms with Crippen LogP contribution in [-0.2, 0) is 13.6 Å². The van der Waals surface area contributed by atoms with E-state index < -0.39 is 18.2 Å². The predicted molar refractivity (Wildman–Crippen MR) is 82.0 cm³/mol. The summed E-state index contributed by atoms with van der Waals surface area (Å²) in [4.78, 5) is 10.7. The van der Waals surface area contributed by atoms with Gasteiger partial charge in [0.2, 0.25) is 3.79 Å². The van der Waals surface area contributed by atoms with Crippen LogP contribution in [0.15, 0.2) is 0 Å². The second kappa shape index (κ2) is 10.6. The Morgan fingerprint density at radius 2 is 1.45 bits per heavy atom. The fraction of sp³-hybridized carbons (Fsp3) is 1.00. The Morgan fingerprint density at radius 1 is 1.05 bits per heavy atom. The van der Waals surface area contributed by atoms with Crippen molar-refractivity contribution in [2.45, 2.75) is 56.3 Å². The summed E-state index contributed by atoms with van der Waals surface area (Å²) in [6.45, 7) is 7.56. The largest absolute Gasteiger partial charge is 0.756 e. The van der Waals surface area contributed by atoms with E-state index in [1.54, 1.807) is 0 Å². The quantitative estimate of drug-likeness (QED) is 0.549. The van der Waals surface area contributed by atoms with E-state index in [0.717, 1.165) is 0 Å². The van der Waals surface area contributed by atoms with Crippen molar-refractivity contribution in [2.24, 2.45) is 0 Å². The molecule has 0 rings (SSSR count). The third kappa shape index (κ3) is 13.9. The van der Waals surface area contributed by atoms with Crippen LogP contribution in [0.5, 0.6) is 0 Å². The number of phosphoric ester groups is 1. The van der Waals surface area contributed by atoms with Crippen molar-refractivity contribution in [3.63, 3.8) is 0 Å². The normalized spacial score (nSPS) is 15.2. The van der Waals surface area contributed by atoms with E-state index in [0.29, 0.717) is 5.54 Å². The summed E-state index contributed by atoms with van der Waals surface area (Å²) in [5, 5.41) is 0. The third-order valence-electron chi connectivity index (χ3n) is 2.92. The van der Waals surface area contributed by atoms with E-state index in [1.165, 1.54) is 26.2 Å². The van der Waals surface area contributed by atoms with Gasteiger partial charge in [-0.1, -0.05) is 55.6 Å². The Morgan fingerprint density at radius 3 is 1.65 bits per heavy atom. The van der Waals surface area contributed by atoms with Crippen LogP contribution in [0.2, 0.25) is 0 Å². The van der Waals surface area contributed by atoms with E-state index in [2.05, 4.69) is 35.6 Å². The fourth-order valence-corrected chi connectivity index (χ4v) is 2.23. The van der Waals surface area contributed by atoms with E-state index in [-0.39, 0.29) is 6.61 Å². The van der Waals surface area contributed by atoms with Crippen molar-refractivity contribution in [2.75, 3.05) is 13.2 Å². The minimum atomic E-state index is -4.29. The van der Waals surface area contributed by atoms with Gasteiger partial charge in [-0.2, -0.15) is 0 Å². The minimum Gasteiger partial charge on any atom is -0.756 e. The third-order valence-corrected chi connectivity index (χ3v) is 4.27. The second-order valence-electron chi connectivity index (χ2n) is 4.31. The maximum atomic E-state index is 10.7. The standard InChI is InChI=1S/C7H17N.C4H8Cl3O4P/c1-4-7(8,5-2)6-3;1-2-10-12(8,9)11-3-4(5,6)7/h4-6,8H2,1-3H3;2-3H2,1H3,(H,8,9). The first-order valence-corrected chi connectivity index (χ1v) is 9.07. The number of quaternary nitrogens is 1. The zero-order valence-electron chi connectivity index (χ0n) is 12.5. The van der Waals surface area contributed by atoms with E-state index in [4.69, 9.17) is 34.8 Å². The molecule has 0 radical (unpaired) electrons. The van der Waals surface area contributed by atoms with Gasteiger partial charge in [0.1, 0.15) is 6.61 Å². The molecule has 0 aromatic rings. The fourth-order valence-electron chi connectivity index (χ4n) is 1.10. The zero-order chi connectivity index (χ0) is 16.4. The molecule has 3 N–H and O–H groups in total. The summed E-state index contributed by atoms with van der Waals surface area (Å²) in [5.41, 5.74) is 4.50. The molecule has 1 atom stereocenters. The molecule has 0 spiro atoms. The smallest absolute Gasteiger partial charge is 0.268 e. The first-order valence-electron chi connectivity index (χ1n) is 6.47. The average molecular weight is 373 g/mol. The number of halogens is 3. The topological polar surface area (TPSA) is 86.2 Å². The molecule has 20 heavy (non-hydrogen) atoms. The number of hydrogen-bond donors (Lipinski definition) is 1. The van der Waals surface area contributed by atoms with Crippen LogP contribution in [-0.4, -0.2) is 22.5 Å². The minimum absolute atomic E-state index is 0.0133. The van der Waals surface area contributed by atoms with E-state index in [1.807, 2.05) is 0 Å². The van der Waals surface area contributed by atoms with Gasteiger partial charge in [0.15, 0.2) is 0 Å². The molecule has 124 valence electrons. The molecule has 0 fully saturated rings. The van der Waals surface area contributed by atoms with Gasteiger partial charge in [0.05, 0.1) is 12.1 Å². The number of rotatable bonds is 7. The van der Waals surface area contributed by atoms with Crippen LogP contribution in [0.1, 0.15) is 47.0 Å². The maximum Gasteiger partial charge on any atom is 0.268 e. The molecule has 0 bridgehead atoms. The van der Waals surface area contributed by atoms with Crippen LogP contribution >= 0.6 is 42.6 Å². The highest BCUT2D eigenvalue weighted by atomic mass is 35.6. The lowest BCUT2D eigenvalue weighted by Crippen LogP contribution is -2.71. The van der Waals surface area contributed by atoms with Crippen molar-refractivity contribution < 1.29 is 24.2 Å². The second-order valence-corrected chi connectivity index (χ2v) is 8.24. The molecular formula is C11H25Cl3NO4P.